The fourth-order valence-corrected chi connectivity index (χ4v) is 4.65. The van der Waals surface area contributed by atoms with Gasteiger partial charge >= 0.3 is 12.1 Å². The van der Waals surface area contributed by atoms with Gasteiger partial charge in [-0.25, -0.2) is 9.18 Å². The van der Waals surface area contributed by atoms with Crippen LogP contribution in [0.3, 0.4) is 0 Å². The van der Waals surface area contributed by atoms with E-state index in [0.29, 0.717) is 37.9 Å². The maximum atomic E-state index is 14.6. The van der Waals surface area contributed by atoms with Gasteiger partial charge in [0.15, 0.2) is 11.6 Å². The predicted molar refractivity (Wildman–Crippen MR) is 114 cm³/mol. The molecule has 33 heavy (non-hydrogen) atoms. The Morgan fingerprint density at radius 2 is 1.94 bits per heavy atom. The molecule has 0 spiro atoms. The molecule has 178 valence electrons. The first-order valence-corrected chi connectivity index (χ1v) is 11.1. The number of hydrogen-bond acceptors (Lipinski definition) is 4. The van der Waals surface area contributed by atoms with E-state index >= 15 is 0 Å². The minimum Gasteiger partial charge on any atom is -0.490 e. The largest absolute Gasteiger partial charge is 0.490 e. The van der Waals surface area contributed by atoms with E-state index in [1.807, 2.05) is 4.90 Å². The number of rotatable bonds is 7. The fourth-order valence-electron chi connectivity index (χ4n) is 4.65. The lowest BCUT2D eigenvalue weighted by Gasteiger charge is -2.47. The van der Waals surface area contributed by atoms with Crippen molar-refractivity contribution >= 4 is 5.97 Å². The summed E-state index contributed by atoms with van der Waals surface area (Å²) in [7, 11) is 0. The molecule has 1 aromatic carbocycles. The molecule has 0 amide bonds. The summed E-state index contributed by atoms with van der Waals surface area (Å²) >= 11 is 0. The molecule has 1 aliphatic carbocycles. The van der Waals surface area contributed by atoms with Gasteiger partial charge in [0.05, 0.1) is 23.3 Å². The maximum absolute atomic E-state index is 14.6. The molecule has 1 saturated carbocycles. The lowest BCUT2D eigenvalue weighted by molar-refractivity contribution is -0.256. The molecule has 5 nitrogen and oxygen atoms in total. The average Bonchev–Trinajstić information content (AvgIpc) is 2.75. The predicted octanol–water partition coefficient (Wildman–Crippen LogP) is 5.41. The summed E-state index contributed by atoms with van der Waals surface area (Å²) in [6.07, 6.45) is -0.269. The number of halogens is 4. The van der Waals surface area contributed by atoms with Crippen LogP contribution in [0.15, 0.2) is 36.5 Å². The van der Waals surface area contributed by atoms with Crippen molar-refractivity contribution in [2.45, 2.75) is 38.3 Å². The second kappa shape index (κ2) is 9.29. The zero-order valence-corrected chi connectivity index (χ0v) is 18.1. The first kappa shape index (κ1) is 23.5. The van der Waals surface area contributed by atoms with Gasteiger partial charge in [0.2, 0.25) is 0 Å². The van der Waals surface area contributed by atoms with Gasteiger partial charge in [-0.05, 0) is 75.0 Å². The van der Waals surface area contributed by atoms with Crippen molar-refractivity contribution < 1.29 is 32.2 Å². The van der Waals surface area contributed by atoms with Crippen molar-refractivity contribution in [3.05, 3.63) is 47.9 Å². The summed E-state index contributed by atoms with van der Waals surface area (Å²) in [6.45, 7) is 1.49. The van der Waals surface area contributed by atoms with Crippen LogP contribution in [0.25, 0.3) is 11.3 Å². The monoisotopic (exact) mass is 466 g/mol. The number of carboxylic acid groups (broad SMARTS) is 1. The number of benzene rings is 1. The van der Waals surface area contributed by atoms with Crippen LogP contribution in [0.4, 0.5) is 17.6 Å². The molecule has 2 aromatic rings. The maximum Gasteiger partial charge on any atom is 0.395 e. The molecule has 1 aliphatic heterocycles. The number of pyridine rings is 1. The summed E-state index contributed by atoms with van der Waals surface area (Å²) in [5.74, 6) is -1.58. The highest BCUT2D eigenvalue weighted by Gasteiger charge is 2.58. The van der Waals surface area contributed by atoms with Crippen LogP contribution in [0, 0.1) is 17.2 Å². The molecule has 0 atom stereocenters. The van der Waals surface area contributed by atoms with Crippen molar-refractivity contribution in [2.75, 3.05) is 26.2 Å². The smallest absolute Gasteiger partial charge is 0.395 e. The van der Waals surface area contributed by atoms with Crippen LogP contribution < -0.4 is 4.74 Å². The molecule has 2 heterocycles. The van der Waals surface area contributed by atoms with Gasteiger partial charge in [-0.2, -0.15) is 13.2 Å². The summed E-state index contributed by atoms with van der Waals surface area (Å²) in [4.78, 5) is 17.3. The van der Waals surface area contributed by atoms with Crippen LogP contribution >= 0.6 is 0 Å². The lowest BCUT2D eigenvalue weighted by atomic mass is 9.67. The molecule has 4 rings (SSSR count). The van der Waals surface area contributed by atoms with Crippen molar-refractivity contribution in [3.63, 3.8) is 0 Å². The van der Waals surface area contributed by atoms with Gasteiger partial charge in [-0.15, -0.1) is 0 Å². The number of aromatic carboxylic acids is 1. The first-order chi connectivity index (χ1) is 15.7. The van der Waals surface area contributed by atoms with Gasteiger partial charge in [0, 0.05) is 18.3 Å². The second-order valence-electron chi connectivity index (χ2n) is 9.01. The summed E-state index contributed by atoms with van der Waals surface area (Å²) in [6, 6.07) is 7.11. The Morgan fingerprint density at radius 1 is 1.21 bits per heavy atom. The highest BCUT2D eigenvalue weighted by molar-refractivity contribution is 5.94. The Bertz CT molecular complexity index is 999. The van der Waals surface area contributed by atoms with Gasteiger partial charge in [-0.1, -0.05) is 6.42 Å². The topological polar surface area (TPSA) is 62.7 Å². The summed E-state index contributed by atoms with van der Waals surface area (Å²) in [5, 5.41) is 9.30. The normalized spacial score (nSPS) is 19.2. The Morgan fingerprint density at radius 3 is 2.52 bits per heavy atom. The van der Waals surface area contributed by atoms with E-state index in [0.717, 1.165) is 0 Å². The third-order valence-corrected chi connectivity index (χ3v) is 6.86. The highest BCUT2D eigenvalue weighted by Crippen LogP contribution is 2.53. The lowest BCUT2D eigenvalue weighted by Crippen LogP contribution is -2.53. The Balaban J connectivity index is 1.31. The Kier molecular flexibility index (Phi) is 6.61. The van der Waals surface area contributed by atoms with E-state index in [2.05, 4.69) is 4.98 Å². The minimum atomic E-state index is -4.16. The second-order valence-corrected chi connectivity index (χ2v) is 9.01. The number of carbonyl (C=O) groups is 1. The zero-order chi connectivity index (χ0) is 23.6. The summed E-state index contributed by atoms with van der Waals surface area (Å²) < 4.78 is 60.5. The van der Waals surface area contributed by atoms with Crippen molar-refractivity contribution in [2.24, 2.45) is 11.3 Å². The number of ether oxygens (including phenoxy) is 1. The van der Waals surface area contributed by atoms with Crippen molar-refractivity contribution in [1.82, 2.24) is 9.88 Å². The molecule has 9 heteroatoms. The van der Waals surface area contributed by atoms with Crippen LogP contribution in [-0.4, -0.2) is 53.4 Å². The van der Waals surface area contributed by atoms with E-state index in [4.69, 9.17) is 4.74 Å². The Labute approximate surface area is 189 Å². The third kappa shape index (κ3) is 4.98. The number of aromatic nitrogens is 1. The van der Waals surface area contributed by atoms with Gasteiger partial charge in [-0.3, -0.25) is 4.98 Å². The van der Waals surface area contributed by atoms with E-state index in [1.54, 1.807) is 6.07 Å². The van der Waals surface area contributed by atoms with Crippen molar-refractivity contribution in [3.8, 4) is 17.0 Å². The molecule has 1 aromatic heterocycles. The molecule has 2 fully saturated rings. The molecule has 0 unspecified atom stereocenters. The van der Waals surface area contributed by atoms with E-state index in [-0.39, 0.29) is 48.9 Å². The molecular formula is C24H26F4N2O3. The number of nitrogens with zero attached hydrogens (tertiary/aromatic N) is 2. The molecule has 2 aliphatic rings. The molecule has 1 saturated heterocycles. The van der Waals surface area contributed by atoms with Gasteiger partial charge in [0.1, 0.15) is 0 Å². The number of carboxylic acids is 1. The number of hydrogen-bond donors (Lipinski definition) is 1. The quantitative estimate of drug-likeness (QED) is 0.553. The molecule has 0 bridgehead atoms. The highest BCUT2D eigenvalue weighted by atomic mass is 19.4. The van der Waals surface area contributed by atoms with Crippen LogP contribution in [0.5, 0.6) is 5.75 Å². The molecule has 0 radical (unpaired) electrons. The SMILES string of the molecule is O=C(O)c1cccnc1-c1ccc(OCC2CCN(CC3(C(F)(F)F)CCC3)CC2)c(F)c1. The van der Waals surface area contributed by atoms with E-state index in [1.165, 1.54) is 30.5 Å². The van der Waals surface area contributed by atoms with Crippen LogP contribution in [-0.2, 0) is 0 Å². The van der Waals surface area contributed by atoms with Gasteiger partial charge in [0.25, 0.3) is 0 Å². The zero-order valence-electron chi connectivity index (χ0n) is 18.1. The Hall–Kier alpha value is -2.68. The van der Waals surface area contributed by atoms with Crippen molar-refractivity contribution in [1.29, 1.82) is 0 Å². The minimum absolute atomic E-state index is 0.0217. The van der Waals surface area contributed by atoms with Crippen LogP contribution in [0.1, 0.15) is 42.5 Å². The molecular weight excluding hydrogens is 440 g/mol. The number of piperidine rings is 1. The van der Waals surface area contributed by atoms with Crippen LogP contribution in [0.2, 0.25) is 0 Å². The average molecular weight is 466 g/mol. The first-order valence-electron chi connectivity index (χ1n) is 11.1. The molecule has 1 N–H and O–H groups in total. The number of likely N-dealkylation sites (tertiary alicyclic amines) is 1. The number of alkyl halides is 3. The van der Waals surface area contributed by atoms with E-state index < -0.39 is 23.4 Å². The van der Waals surface area contributed by atoms with E-state index in [9.17, 15) is 27.5 Å². The standard InChI is InChI=1S/C24H26F4N2O3/c25-19-13-17(21-18(22(31)32)3-1-10-29-21)4-5-20(19)33-14-16-6-11-30(12-7-16)15-23(8-2-9-23)24(26,27)28/h1,3-5,10,13,16H,2,6-9,11-12,14-15H2,(H,31,32). The van der Waals surface area contributed by atoms with Gasteiger partial charge < -0.3 is 14.7 Å². The fraction of sp³-hybridized carbons (Fsp3) is 0.500. The third-order valence-electron chi connectivity index (χ3n) is 6.86. The summed E-state index contributed by atoms with van der Waals surface area (Å²) in [5.41, 5.74) is -1.06.